The van der Waals surface area contributed by atoms with Gasteiger partial charge in [0.25, 0.3) is 0 Å². The largest absolute Gasteiger partial charge is 0.369 e. The van der Waals surface area contributed by atoms with Gasteiger partial charge in [0.2, 0.25) is 0 Å². The average molecular weight is 223 g/mol. The van der Waals surface area contributed by atoms with Crippen LogP contribution in [0.5, 0.6) is 0 Å². The van der Waals surface area contributed by atoms with Crippen LogP contribution in [0.25, 0.3) is 0 Å². The minimum Gasteiger partial charge on any atom is -0.369 e. The predicted molar refractivity (Wildman–Crippen MR) is 65.5 cm³/mol. The zero-order valence-corrected chi connectivity index (χ0v) is 10.5. The van der Waals surface area contributed by atoms with Crippen molar-refractivity contribution in [3.8, 4) is 0 Å². The SMILES string of the molecule is CC1CCC2OC3(CCCCC3)CNC2C1. The minimum atomic E-state index is 0.222. The Morgan fingerprint density at radius 2 is 1.94 bits per heavy atom. The van der Waals surface area contributed by atoms with E-state index in [-0.39, 0.29) is 5.60 Å². The van der Waals surface area contributed by atoms with Gasteiger partial charge in [-0.15, -0.1) is 0 Å². The summed E-state index contributed by atoms with van der Waals surface area (Å²) >= 11 is 0. The molecule has 3 aliphatic rings. The first-order valence-electron chi connectivity index (χ1n) is 7.19. The molecule has 0 aromatic rings. The molecule has 2 heteroatoms. The van der Waals surface area contributed by atoms with Crippen LogP contribution in [0.15, 0.2) is 0 Å². The summed E-state index contributed by atoms with van der Waals surface area (Å²) in [4.78, 5) is 0. The summed E-state index contributed by atoms with van der Waals surface area (Å²) in [5, 5.41) is 3.79. The Kier molecular flexibility index (Phi) is 2.97. The van der Waals surface area contributed by atoms with Gasteiger partial charge >= 0.3 is 0 Å². The van der Waals surface area contributed by atoms with Crippen molar-refractivity contribution in [2.75, 3.05) is 6.54 Å². The van der Waals surface area contributed by atoms with Crippen molar-refractivity contribution in [2.45, 2.75) is 76.0 Å². The van der Waals surface area contributed by atoms with Crippen LogP contribution in [0.4, 0.5) is 0 Å². The summed E-state index contributed by atoms with van der Waals surface area (Å²) in [6, 6.07) is 0.649. The monoisotopic (exact) mass is 223 g/mol. The first kappa shape index (κ1) is 11.0. The fraction of sp³-hybridized carbons (Fsp3) is 1.00. The normalized spacial score (nSPS) is 42.9. The Hall–Kier alpha value is -0.0800. The third kappa shape index (κ3) is 2.02. The highest BCUT2D eigenvalue weighted by Crippen LogP contribution is 2.39. The molecule has 2 nitrogen and oxygen atoms in total. The van der Waals surface area contributed by atoms with Gasteiger partial charge < -0.3 is 10.1 Å². The number of fused-ring (bicyclic) bond motifs is 1. The number of hydrogen-bond donors (Lipinski definition) is 1. The zero-order valence-electron chi connectivity index (χ0n) is 10.5. The summed E-state index contributed by atoms with van der Waals surface area (Å²) in [6.07, 6.45) is 11.2. The number of ether oxygens (including phenoxy) is 1. The molecule has 0 radical (unpaired) electrons. The summed E-state index contributed by atoms with van der Waals surface area (Å²) in [7, 11) is 0. The Morgan fingerprint density at radius 3 is 2.75 bits per heavy atom. The maximum absolute atomic E-state index is 6.50. The van der Waals surface area contributed by atoms with E-state index in [1.54, 1.807) is 0 Å². The van der Waals surface area contributed by atoms with Crippen molar-refractivity contribution in [1.29, 1.82) is 0 Å². The topological polar surface area (TPSA) is 21.3 Å². The highest BCUT2D eigenvalue weighted by Gasteiger charge is 2.43. The molecule has 3 atom stereocenters. The molecule has 92 valence electrons. The van der Waals surface area contributed by atoms with Crippen LogP contribution in [0, 0.1) is 5.92 Å². The van der Waals surface area contributed by atoms with Crippen molar-refractivity contribution < 1.29 is 4.74 Å². The second-order valence-corrected chi connectivity index (χ2v) is 6.31. The molecule has 1 N–H and O–H groups in total. The minimum absolute atomic E-state index is 0.222. The van der Waals surface area contributed by atoms with Crippen LogP contribution < -0.4 is 5.32 Å². The Morgan fingerprint density at radius 1 is 1.12 bits per heavy atom. The van der Waals surface area contributed by atoms with Crippen molar-refractivity contribution in [3.63, 3.8) is 0 Å². The van der Waals surface area contributed by atoms with Gasteiger partial charge in [0.05, 0.1) is 11.7 Å². The molecular formula is C14H25NO. The van der Waals surface area contributed by atoms with Gasteiger partial charge in [-0.25, -0.2) is 0 Å². The summed E-state index contributed by atoms with van der Waals surface area (Å²) < 4.78 is 6.50. The molecule has 0 amide bonds. The molecule has 1 spiro atoms. The molecule has 0 aromatic carbocycles. The van der Waals surface area contributed by atoms with Crippen LogP contribution in [-0.4, -0.2) is 24.3 Å². The van der Waals surface area contributed by atoms with Crippen molar-refractivity contribution in [1.82, 2.24) is 5.32 Å². The highest BCUT2D eigenvalue weighted by atomic mass is 16.5. The molecule has 1 heterocycles. The zero-order chi connectivity index (χ0) is 11.0. The smallest absolute Gasteiger partial charge is 0.0810 e. The van der Waals surface area contributed by atoms with Crippen molar-refractivity contribution in [2.24, 2.45) is 5.92 Å². The Labute approximate surface area is 99.1 Å². The molecule has 1 saturated heterocycles. The molecule has 2 aliphatic carbocycles. The quantitative estimate of drug-likeness (QED) is 0.682. The second-order valence-electron chi connectivity index (χ2n) is 6.31. The average Bonchev–Trinajstić information content (AvgIpc) is 2.31. The van der Waals surface area contributed by atoms with Crippen molar-refractivity contribution in [3.05, 3.63) is 0 Å². The van der Waals surface area contributed by atoms with Gasteiger partial charge in [0, 0.05) is 12.6 Å². The second kappa shape index (κ2) is 4.30. The van der Waals surface area contributed by atoms with Gasteiger partial charge in [-0.1, -0.05) is 26.2 Å². The maximum Gasteiger partial charge on any atom is 0.0810 e. The van der Waals surface area contributed by atoms with E-state index in [1.807, 2.05) is 0 Å². The van der Waals surface area contributed by atoms with Crippen LogP contribution in [-0.2, 0) is 4.74 Å². The fourth-order valence-corrected chi connectivity index (χ4v) is 3.88. The van der Waals surface area contributed by atoms with E-state index in [0.717, 1.165) is 12.5 Å². The lowest BCUT2D eigenvalue weighted by atomic mass is 9.78. The third-order valence-electron chi connectivity index (χ3n) is 4.90. The lowest BCUT2D eigenvalue weighted by Gasteiger charge is -2.50. The van der Waals surface area contributed by atoms with Crippen molar-refractivity contribution >= 4 is 0 Å². The molecule has 0 bridgehead atoms. The lowest BCUT2D eigenvalue weighted by molar-refractivity contribution is -0.163. The number of morpholine rings is 1. The standard InChI is InChI=1S/C14H25NO/c1-11-5-6-13-12(9-11)15-10-14(16-13)7-3-2-4-8-14/h11-13,15H,2-10H2,1H3. The van der Waals surface area contributed by atoms with Crippen LogP contribution >= 0.6 is 0 Å². The fourth-order valence-electron chi connectivity index (χ4n) is 3.88. The first-order valence-corrected chi connectivity index (χ1v) is 7.19. The van der Waals surface area contributed by atoms with E-state index >= 15 is 0 Å². The maximum atomic E-state index is 6.50. The third-order valence-corrected chi connectivity index (χ3v) is 4.90. The number of nitrogens with one attached hydrogen (secondary N) is 1. The van der Waals surface area contributed by atoms with E-state index in [0.29, 0.717) is 12.1 Å². The van der Waals surface area contributed by atoms with E-state index in [9.17, 15) is 0 Å². The number of hydrogen-bond acceptors (Lipinski definition) is 2. The summed E-state index contributed by atoms with van der Waals surface area (Å²) in [6.45, 7) is 3.49. The molecule has 16 heavy (non-hydrogen) atoms. The molecule has 3 fully saturated rings. The van der Waals surface area contributed by atoms with Crippen LogP contribution in [0.3, 0.4) is 0 Å². The molecule has 3 rings (SSSR count). The van der Waals surface area contributed by atoms with E-state index < -0.39 is 0 Å². The molecular weight excluding hydrogens is 198 g/mol. The Bertz CT molecular complexity index is 247. The number of rotatable bonds is 0. The molecule has 1 aliphatic heterocycles. The summed E-state index contributed by atoms with van der Waals surface area (Å²) in [5.41, 5.74) is 0.222. The lowest BCUT2D eigenvalue weighted by Crippen LogP contribution is -2.61. The molecule has 0 aromatic heterocycles. The van der Waals surface area contributed by atoms with Gasteiger partial charge in [-0.3, -0.25) is 0 Å². The molecule has 3 unspecified atom stereocenters. The highest BCUT2D eigenvalue weighted by molar-refractivity contribution is 4.97. The van der Waals surface area contributed by atoms with Gasteiger partial charge in [-0.2, -0.15) is 0 Å². The van der Waals surface area contributed by atoms with Crippen LogP contribution in [0.1, 0.15) is 58.3 Å². The first-order chi connectivity index (χ1) is 7.77. The van der Waals surface area contributed by atoms with E-state index in [2.05, 4.69) is 12.2 Å². The van der Waals surface area contributed by atoms with Crippen LogP contribution in [0.2, 0.25) is 0 Å². The Balaban J connectivity index is 1.66. The van der Waals surface area contributed by atoms with Gasteiger partial charge in [0.15, 0.2) is 0 Å². The predicted octanol–water partition coefficient (Wildman–Crippen LogP) is 2.87. The van der Waals surface area contributed by atoms with Gasteiger partial charge in [-0.05, 0) is 38.0 Å². The van der Waals surface area contributed by atoms with E-state index in [1.165, 1.54) is 51.4 Å². The van der Waals surface area contributed by atoms with Gasteiger partial charge in [0.1, 0.15) is 0 Å². The summed E-state index contributed by atoms with van der Waals surface area (Å²) in [5.74, 6) is 0.887. The molecule has 2 saturated carbocycles. The van der Waals surface area contributed by atoms with E-state index in [4.69, 9.17) is 4.74 Å².